The molecule has 0 fully saturated rings. The summed E-state index contributed by atoms with van der Waals surface area (Å²) in [7, 11) is 1.68. The molecule has 0 unspecified atom stereocenters. The molecule has 0 saturated heterocycles. The largest absolute Gasteiger partial charge is 0.351 e. The molecule has 0 aliphatic rings. The standard InChI is InChI=1S/C17H22N4O2/c1-5-8-18-17(23)15-14(10-19-21(15)4)20-16(22)13-9-11(2)6-7-12(13)3/h6-7,9-10H,5,8H2,1-4H3,(H,18,23)(H,20,22). The van der Waals surface area contributed by atoms with E-state index in [9.17, 15) is 9.59 Å². The molecule has 6 nitrogen and oxygen atoms in total. The first-order valence-corrected chi connectivity index (χ1v) is 7.62. The molecule has 0 saturated carbocycles. The average molecular weight is 314 g/mol. The molecule has 2 amide bonds. The minimum Gasteiger partial charge on any atom is -0.351 e. The van der Waals surface area contributed by atoms with E-state index in [1.54, 1.807) is 7.05 Å². The summed E-state index contributed by atoms with van der Waals surface area (Å²) in [6, 6.07) is 5.69. The molecule has 122 valence electrons. The van der Waals surface area contributed by atoms with E-state index in [1.165, 1.54) is 10.9 Å². The van der Waals surface area contributed by atoms with Gasteiger partial charge >= 0.3 is 0 Å². The van der Waals surface area contributed by atoms with E-state index >= 15 is 0 Å². The Morgan fingerprint density at radius 3 is 2.65 bits per heavy atom. The molecule has 2 rings (SSSR count). The average Bonchev–Trinajstić information content (AvgIpc) is 2.87. The number of nitrogens with one attached hydrogen (secondary N) is 2. The number of anilines is 1. The topological polar surface area (TPSA) is 76.0 Å². The molecule has 0 aliphatic carbocycles. The Kier molecular flexibility index (Phi) is 5.16. The van der Waals surface area contributed by atoms with Gasteiger partial charge in [-0.3, -0.25) is 14.3 Å². The fourth-order valence-corrected chi connectivity index (χ4v) is 2.29. The van der Waals surface area contributed by atoms with Crippen molar-refractivity contribution in [3.63, 3.8) is 0 Å². The third-order valence-corrected chi connectivity index (χ3v) is 3.58. The second-order valence-electron chi connectivity index (χ2n) is 5.56. The highest BCUT2D eigenvalue weighted by Crippen LogP contribution is 2.17. The number of hydrogen-bond donors (Lipinski definition) is 2. The first-order valence-electron chi connectivity index (χ1n) is 7.62. The molecule has 1 aromatic carbocycles. The number of carbonyl (C=O) groups excluding carboxylic acids is 2. The van der Waals surface area contributed by atoms with Gasteiger partial charge in [0.25, 0.3) is 11.8 Å². The number of rotatable bonds is 5. The Bertz CT molecular complexity index is 734. The second kappa shape index (κ2) is 7.09. The predicted octanol–water partition coefficient (Wildman–Crippen LogP) is 2.43. The van der Waals surface area contributed by atoms with Crippen LogP contribution in [0.3, 0.4) is 0 Å². The third kappa shape index (κ3) is 3.77. The fourth-order valence-electron chi connectivity index (χ4n) is 2.29. The smallest absolute Gasteiger partial charge is 0.271 e. The zero-order valence-electron chi connectivity index (χ0n) is 13.9. The van der Waals surface area contributed by atoms with Gasteiger partial charge < -0.3 is 10.6 Å². The molecular weight excluding hydrogens is 292 g/mol. The van der Waals surface area contributed by atoms with Crippen LogP contribution in [-0.2, 0) is 7.05 Å². The van der Waals surface area contributed by atoms with Crippen molar-refractivity contribution in [2.24, 2.45) is 7.05 Å². The zero-order valence-corrected chi connectivity index (χ0v) is 13.9. The van der Waals surface area contributed by atoms with E-state index in [0.717, 1.165) is 17.5 Å². The molecule has 0 spiro atoms. The number of aromatic nitrogens is 2. The summed E-state index contributed by atoms with van der Waals surface area (Å²) in [5.74, 6) is -0.494. The Hall–Kier alpha value is -2.63. The zero-order chi connectivity index (χ0) is 17.0. The van der Waals surface area contributed by atoms with Crippen LogP contribution in [0.5, 0.6) is 0 Å². The van der Waals surface area contributed by atoms with E-state index in [-0.39, 0.29) is 11.8 Å². The van der Waals surface area contributed by atoms with Crippen molar-refractivity contribution in [3.8, 4) is 0 Å². The lowest BCUT2D eigenvalue weighted by molar-refractivity contribution is 0.0945. The van der Waals surface area contributed by atoms with Crippen molar-refractivity contribution in [2.75, 3.05) is 11.9 Å². The minimum atomic E-state index is -0.247. The van der Waals surface area contributed by atoms with Crippen LogP contribution >= 0.6 is 0 Å². The number of amides is 2. The SMILES string of the molecule is CCCNC(=O)c1c(NC(=O)c2cc(C)ccc2C)cnn1C. The lowest BCUT2D eigenvalue weighted by Crippen LogP contribution is -2.27. The van der Waals surface area contributed by atoms with Gasteiger partial charge in [0, 0.05) is 19.2 Å². The first-order chi connectivity index (χ1) is 10.9. The normalized spacial score (nSPS) is 10.4. The van der Waals surface area contributed by atoms with E-state index < -0.39 is 0 Å². The van der Waals surface area contributed by atoms with Gasteiger partial charge in [-0.05, 0) is 31.9 Å². The summed E-state index contributed by atoms with van der Waals surface area (Å²) in [5.41, 5.74) is 3.24. The number of nitrogens with zero attached hydrogens (tertiary/aromatic N) is 2. The molecule has 2 aromatic rings. The Labute approximate surface area is 135 Å². The number of benzene rings is 1. The van der Waals surface area contributed by atoms with Gasteiger partial charge in [-0.1, -0.05) is 24.6 Å². The first kappa shape index (κ1) is 16.7. The van der Waals surface area contributed by atoms with Gasteiger partial charge in [-0.15, -0.1) is 0 Å². The summed E-state index contributed by atoms with van der Waals surface area (Å²) >= 11 is 0. The molecule has 23 heavy (non-hydrogen) atoms. The van der Waals surface area contributed by atoms with Crippen molar-refractivity contribution < 1.29 is 9.59 Å². The van der Waals surface area contributed by atoms with Gasteiger partial charge in [0.05, 0.1) is 11.9 Å². The molecule has 0 radical (unpaired) electrons. The lowest BCUT2D eigenvalue weighted by atomic mass is 10.1. The highest BCUT2D eigenvalue weighted by atomic mass is 16.2. The predicted molar refractivity (Wildman–Crippen MR) is 89.7 cm³/mol. The van der Waals surface area contributed by atoms with Crippen molar-refractivity contribution in [1.82, 2.24) is 15.1 Å². The van der Waals surface area contributed by atoms with E-state index in [2.05, 4.69) is 15.7 Å². The molecule has 1 aromatic heterocycles. The molecule has 0 atom stereocenters. The van der Waals surface area contributed by atoms with Gasteiger partial charge in [0.2, 0.25) is 0 Å². The third-order valence-electron chi connectivity index (χ3n) is 3.58. The van der Waals surface area contributed by atoms with Crippen LogP contribution in [0.4, 0.5) is 5.69 Å². The summed E-state index contributed by atoms with van der Waals surface area (Å²) in [4.78, 5) is 24.7. The van der Waals surface area contributed by atoms with Crippen LogP contribution < -0.4 is 10.6 Å². The molecule has 0 aliphatic heterocycles. The molecule has 2 N–H and O–H groups in total. The van der Waals surface area contributed by atoms with Crippen LogP contribution in [0.25, 0.3) is 0 Å². The van der Waals surface area contributed by atoms with E-state index in [0.29, 0.717) is 23.5 Å². The second-order valence-corrected chi connectivity index (χ2v) is 5.56. The number of hydrogen-bond acceptors (Lipinski definition) is 3. The van der Waals surface area contributed by atoms with Gasteiger partial charge in [-0.25, -0.2) is 0 Å². The van der Waals surface area contributed by atoms with Crippen LogP contribution in [0.1, 0.15) is 45.3 Å². The van der Waals surface area contributed by atoms with Crippen molar-refractivity contribution >= 4 is 17.5 Å². The minimum absolute atomic E-state index is 0.247. The maximum atomic E-state index is 12.5. The van der Waals surface area contributed by atoms with Crippen molar-refractivity contribution in [2.45, 2.75) is 27.2 Å². The van der Waals surface area contributed by atoms with E-state index in [4.69, 9.17) is 0 Å². The van der Waals surface area contributed by atoms with Gasteiger partial charge in [0.15, 0.2) is 0 Å². The number of aryl methyl sites for hydroxylation is 3. The number of carbonyl (C=O) groups is 2. The maximum absolute atomic E-state index is 12.5. The highest BCUT2D eigenvalue weighted by Gasteiger charge is 2.19. The fraction of sp³-hybridized carbons (Fsp3) is 0.353. The lowest BCUT2D eigenvalue weighted by Gasteiger charge is -2.10. The Balaban J connectivity index is 2.25. The summed E-state index contributed by atoms with van der Waals surface area (Å²) < 4.78 is 1.46. The van der Waals surface area contributed by atoms with Gasteiger partial charge in [-0.2, -0.15) is 5.10 Å². The monoisotopic (exact) mass is 314 g/mol. The van der Waals surface area contributed by atoms with Crippen LogP contribution in [0.15, 0.2) is 24.4 Å². The Morgan fingerprint density at radius 1 is 1.22 bits per heavy atom. The maximum Gasteiger partial charge on any atom is 0.271 e. The van der Waals surface area contributed by atoms with Crippen LogP contribution in [0, 0.1) is 13.8 Å². The highest BCUT2D eigenvalue weighted by molar-refractivity contribution is 6.09. The van der Waals surface area contributed by atoms with Crippen LogP contribution in [-0.4, -0.2) is 28.1 Å². The summed E-state index contributed by atoms with van der Waals surface area (Å²) in [6.07, 6.45) is 2.33. The molecule has 6 heteroatoms. The van der Waals surface area contributed by atoms with Crippen molar-refractivity contribution in [3.05, 3.63) is 46.8 Å². The van der Waals surface area contributed by atoms with Crippen LogP contribution in [0.2, 0.25) is 0 Å². The van der Waals surface area contributed by atoms with E-state index in [1.807, 2.05) is 39.0 Å². The van der Waals surface area contributed by atoms with Gasteiger partial charge in [0.1, 0.15) is 5.69 Å². The molecular formula is C17H22N4O2. The van der Waals surface area contributed by atoms with Crippen molar-refractivity contribution in [1.29, 1.82) is 0 Å². The quantitative estimate of drug-likeness (QED) is 0.890. The molecule has 1 heterocycles. The Morgan fingerprint density at radius 2 is 1.96 bits per heavy atom. The summed E-state index contributed by atoms with van der Waals surface area (Å²) in [6.45, 7) is 6.37. The molecule has 0 bridgehead atoms. The summed E-state index contributed by atoms with van der Waals surface area (Å²) in [5, 5.41) is 9.66.